The summed E-state index contributed by atoms with van der Waals surface area (Å²) in [5.74, 6) is -1.20. The van der Waals surface area contributed by atoms with Gasteiger partial charge in [-0.1, -0.05) is 0 Å². The minimum absolute atomic E-state index is 0.105. The van der Waals surface area contributed by atoms with Crippen molar-refractivity contribution in [2.75, 3.05) is 20.2 Å². The lowest BCUT2D eigenvalue weighted by molar-refractivity contribution is 0.167. The number of benzene rings is 1. The molecule has 1 aromatic rings. The van der Waals surface area contributed by atoms with Crippen LogP contribution in [0.25, 0.3) is 0 Å². The summed E-state index contributed by atoms with van der Waals surface area (Å²) in [5.41, 5.74) is 0.0742. The van der Waals surface area contributed by atoms with E-state index in [0.717, 1.165) is 6.07 Å². The summed E-state index contributed by atoms with van der Waals surface area (Å²) < 4.78 is 32.5. The van der Waals surface area contributed by atoms with Gasteiger partial charge in [0.05, 0.1) is 18.3 Å². The Morgan fingerprint density at radius 3 is 3.00 bits per heavy atom. The fourth-order valence-electron chi connectivity index (χ4n) is 1.88. The molecule has 2 rings (SSSR count). The molecule has 0 aromatic heterocycles. The fourth-order valence-corrected chi connectivity index (χ4v) is 1.88. The molecule has 0 amide bonds. The molecule has 1 aliphatic heterocycles. The van der Waals surface area contributed by atoms with E-state index < -0.39 is 17.7 Å². The maximum absolute atomic E-state index is 13.9. The van der Waals surface area contributed by atoms with E-state index in [9.17, 15) is 13.9 Å². The molecule has 3 nitrogen and oxygen atoms in total. The van der Waals surface area contributed by atoms with Gasteiger partial charge in [0.25, 0.3) is 0 Å². The zero-order chi connectivity index (χ0) is 11.7. The highest BCUT2D eigenvalue weighted by molar-refractivity contribution is 5.43. The van der Waals surface area contributed by atoms with E-state index in [4.69, 9.17) is 4.74 Å². The summed E-state index contributed by atoms with van der Waals surface area (Å²) in [6.07, 6.45) is -0.767. The van der Waals surface area contributed by atoms with Gasteiger partial charge in [0.15, 0.2) is 0 Å². The van der Waals surface area contributed by atoms with E-state index in [1.54, 1.807) is 7.05 Å². The molecule has 5 heteroatoms. The van der Waals surface area contributed by atoms with Crippen LogP contribution in [0.4, 0.5) is 8.78 Å². The number of rotatable bonds is 3. The lowest BCUT2D eigenvalue weighted by atomic mass is 10.0. The Bertz CT molecular complexity index is 409. The van der Waals surface area contributed by atoms with Crippen molar-refractivity contribution in [2.24, 2.45) is 0 Å². The van der Waals surface area contributed by atoms with Gasteiger partial charge < -0.3 is 15.2 Å². The second kappa shape index (κ2) is 4.35. The van der Waals surface area contributed by atoms with E-state index in [0.29, 0.717) is 18.6 Å². The monoisotopic (exact) mass is 229 g/mol. The topological polar surface area (TPSA) is 41.5 Å². The summed E-state index contributed by atoms with van der Waals surface area (Å²) in [6.45, 7) is 0.463. The highest BCUT2D eigenvalue weighted by Gasteiger charge is 2.26. The average molecular weight is 229 g/mol. The maximum Gasteiger partial charge on any atom is 0.139 e. The lowest BCUT2D eigenvalue weighted by Gasteiger charge is -2.14. The quantitative estimate of drug-likeness (QED) is 0.817. The van der Waals surface area contributed by atoms with Gasteiger partial charge in [-0.25, -0.2) is 8.78 Å². The number of likely N-dealkylation sites (N-methyl/N-ethyl adjacent to an activating group) is 1. The molecule has 1 aliphatic rings. The van der Waals surface area contributed by atoms with E-state index in [-0.39, 0.29) is 17.9 Å². The second-order valence-corrected chi connectivity index (χ2v) is 3.73. The van der Waals surface area contributed by atoms with Crippen molar-refractivity contribution in [1.82, 2.24) is 5.32 Å². The Kier molecular flexibility index (Phi) is 3.07. The number of hydrogen-bond acceptors (Lipinski definition) is 3. The average Bonchev–Trinajstić information content (AvgIpc) is 2.66. The molecule has 0 fully saturated rings. The number of aliphatic hydroxyl groups is 1. The highest BCUT2D eigenvalue weighted by atomic mass is 19.1. The van der Waals surface area contributed by atoms with Gasteiger partial charge in [0.2, 0.25) is 0 Å². The van der Waals surface area contributed by atoms with Crippen molar-refractivity contribution in [2.45, 2.75) is 12.5 Å². The SMILES string of the molecule is CNCC(O)c1c(F)cc2c(c1F)CCO2. The van der Waals surface area contributed by atoms with Gasteiger partial charge >= 0.3 is 0 Å². The molecule has 0 spiro atoms. The van der Waals surface area contributed by atoms with Crippen molar-refractivity contribution in [3.8, 4) is 5.75 Å². The third-order valence-corrected chi connectivity index (χ3v) is 2.65. The Balaban J connectivity index is 2.45. The van der Waals surface area contributed by atoms with Crippen LogP contribution in [0.2, 0.25) is 0 Å². The second-order valence-electron chi connectivity index (χ2n) is 3.73. The van der Waals surface area contributed by atoms with Crippen LogP contribution < -0.4 is 10.1 Å². The summed E-state index contributed by atoms with van der Waals surface area (Å²) in [7, 11) is 1.61. The van der Waals surface area contributed by atoms with Gasteiger partial charge in [-0.15, -0.1) is 0 Å². The van der Waals surface area contributed by atoms with Crippen molar-refractivity contribution in [3.63, 3.8) is 0 Å². The van der Waals surface area contributed by atoms with Crippen LogP contribution in [0, 0.1) is 11.6 Å². The molecule has 0 saturated heterocycles. The Morgan fingerprint density at radius 1 is 1.56 bits per heavy atom. The minimum atomic E-state index is -1.18. The smallest absolute Gasteiger partial charge is 0.139 e. The molecule has 0 bridgehead atoms. The number of fused-ring (bicyclic) bond motifs is 1. The molecule has 1 heterocycles. The molecule has 16 heavy (non-hydrogen) atoms. The first-order valence-corrected chi connectivity index (χ1v) is 5.11. The molecule has 0 saturated carbocycles. The summed E-state index contributed by atoms with van der Waals surface area (Å²) in [5, 5.41) is 12.3. The zero-order valence-corrected chi connectivity index (χ0v) is 8.89. The largest absolute Gasteiger partial charge is 0.493 e. The first kappa shape index (κ1) is 11.3. The number of ether oxygens (including phenoxy) is 1. The van der Waals surface area contributed by atoms with Crippen molar-refractivity contribution < 1.29 is 18.6 Å². The Morgan fingerprint density at radius 2 is 2.31 bits per heavy atom. The van der Waals surface area contributed by atoms with Crippen molar-refractivity contribution >= 4 is 0 Å². The molecular formula is C11H13F2NO2. The van der Waals surface area contributed by atoms with Crippen LogP contribution in [0.15, 0.2) is 6.07 Å². The van der Waals surface area contributed by atoms with E-state index in [1.807, 2.05) is 0 Å². The standard InChI is InChI=1S/C11H13F2NO2/c1-14-5-8(15)10-7(12)4-9-6(11(10)13)2-3-16-9/h4,8,14-15H,2-3,5H2,1H3. The van der Waals surface area contributed by atoms with Gasteiger partial charge in [-0.3, -0.25) is 0 Å². The number of nitrogens with one attached hydrogen (secondary N) is 1. The van der Waals surface area contributed by atoms with Crippen LogP contribution >= 0.6 is 0 Å². The van der Waals surface area contributed by atoms with Crippen LogP contribution in [0.5, 0.6) is 5.75 Å². The number of aliphatic hydroxyl groups excluding tert-OH is 1. The van der Waals surface area contributed by atoms with E-state index >= 15 is 0 Å². The van der Waals surface area contributed by atoms with E-state index in [1.165, 1.54) is 0 Å². The maximum atomic E-state index is 13.9. The lowest BCUT2D eigenvalue weighted by Crippen LogP contribution is -2.19. The van der Waals surface area contributed by atoms with Crippen molar-refractivity contribution in [1.29, 1.82) is 0 Å². The van der Waals surface area contributed by atoms with Gasteiger partial charge in [-0.2, -0.15) is 0 Å². The number of hydrogen-bond donors (Lipinski definition) is 2. The Hall–Kier alpha value is -1.20. The first-order valence-electron chi connectivity index (χ1n) is 5.11. The molecule has 1 atom stereocenters. The molecular weight excluding hydrogens is 216 g/mol. The molecule has 1 aromatic carbocycles. The minimum Gasteiger partial charge on any atom is -0.493 e. The van der Waals surface area contributed by atoms with Gasteiger partial charge in [0.1, 0.15) is 17.4 Å². The third-order valence-electron chi connectivity index (χ3n) is 2.65. The van der Waals surface area contributed by atoms with Crippen LogP contribution in [-0.2, 0) is 6.42 Å². The summed E-state index contributed by atoms with van der Waals surface area (Å²) >= 11 is 0. The Labute approximate surface area is 92.0 Å². The summed E-state index contributed by atoms with van der Waals surface area (Å²) in [6, 6.07) is 1.14. The first-order chi connectivity index (χ1) is 7.65. The molecule has 2 N–H and O–H groups in total. The van der Waals surface area contributed by atoms with Gasteiger partial charge in [-0.05, 0) is 7.05 Å². The van der Waals surface area contributed by atoms with Crippen molar-refractivity contribution in [3.05, 3.63) is 28.8 Å². The normalized spacial score (nSPS) is 15.8. The molecule has 1 unspecified atom stereocenters. The van der Waals surface area contributed by atoms with Crippen LogP contribution in [0.1, 0.15) is 17.2 Å². The predicted molar refractivity (Wildman–Crippen MR) is 54.4 cm³/mol. The third kappa shape index (κ3) is 1.76. The molecule has 0 radical (unpaired) electrons. The van der Waals surface area contributed by atoms with Crippen LogP contribution in [0.3, 0.4) is 0 Å². The number of halogens is 2. The zero-order valence-electron chi connectivity index (χ0n) is 8.89. The fraction of sp³-hybridized carbons (Fsp3) is 0.455. The predicted octanol–water partition coefficient (Wildman–Crippen LogP) is 1.15. The van der Waals surface area contributed by atoms with Crippen LogP contribution in [-0.4, -0.2) is 25.3 Å². The van der Waals surface area contributed by atoms with E-state index in [2.05, 4.69) is 5.32 Å². The highest BCUT2D eigenvalue weighted by Crippen LogP contribution is 2.34. The van der Waals surface area contributed by atoms with Gasteiger partial charge in [0, 0.05) is 24.6 Å². The summed E-state index contributed by atoms with van der Waals surface area (Å²) in [4.78, 5) is 0. The molecule has 88 valence electrons. The molecule has 0 aliphatic carbocycles.